The number of alkyl halides is 2. The van der Waals surface area contributed by atoms with Crippen LogP contribution < -0.4 is 11.2 Å². The van der Waals surface area contributed by atoms with Gasteiger partial charge in [-0.3, -0.25) is 4.79 Å². The summed E-state index contributed by atoms with van der Waals surface area (Å²) in [6, 6.07) is 0. The summed E-state index contributed by atoms with van der Waals surface area (Å²) in [6.07, 6.45) is -1.43. The Morgan fingerprint density at radius 1 is 1.62 bits per heavy atom. The third-order valence-electron chi connectivity index (χ3n) is 1.57. The highest BCUT2D eigenvalue weighted by atomic mass is 127. The number of aromatic amines is 1. The van der Waals surface area contributed by atoms with Gasteiger partial charge in [-0.15, -0.1) is 0 Å². The first kappa shape index (κ1) is 10.6. The zero-order valence-corrected chi connectivity index (χ0v) is 8.64. The quantitative estimate of drug-likeness (QED) is 0.811. The lowest BCUT2D eigenvalue weighted by atomic mass is 10.2. The van der Waals surface area contributed by atoms with E-state index < -0.39 is 11.9 Å². The highest BCUT2D eigenvalue weighted by molar-refractivity contribution is 14.1. The van der Waals surface area contributed by atoms with E-state index in [0.717, 1.165) is 0 Å². The van der Waals surface area contributed by atoms with E-state index in [4.69, 9.17) is 5.73 Å². The predicted octanol–water partition coefficient (Wildman–Crippen LogP) is 1.38. The van der Waals surface area contributed by atoms with Crippen LogP contribution in [0.1, 0.15) is 17.7 Å². The van der Waals surface area contributed by atoms with Crippen molar-refractivity contribution in [3.05, 3.63) is 31.2 Å². The third kappa shape index (κ3) is 2.05. The van der Waals surface area contributed by atoms with E-state index in [9.17, 15) is 13.6 Å². The fourth-order valence-electron chi connectivity index (χ4n) is 0.867. The van der Waals surface area contributed by atoms with Gasteiger partial charge < -0.3 is 10.7 Å². The molecule has 0 aliphatic rings. The smallest absolute Gasteiger partial charge is 0.279 e. The number of halogens is 3. The molecule has 0 fully saturated rings. The molecule has 0 saturated heterocycles. The molecule has 1 aromatic rings. The molecule has 13 heavy (non-hydrogen) atoms. The topological polar surface area (TPSA) is 58.9 Å². The highest BCUT2D eigenvalue weighted by Crippen LogP contribution is 2.19. The van der Waals surface area contributed by atoms with E-state index in [1.807, 2.05) is 0 Å². The molecule has 0 amide bonds. The van der Waals surface area contributed by atoms with Gasteiger partial charge in [0.25, 0.3) is 6.43 Å². The Morgan fingerprint density at radius 3 is 2.69 bits per heavy atom. The van der Waals surface area contributed by atoms with Gasteiger partial charge in [0.15, 0.2) is 5.43 Å². The Hall–Kier alpha value is -0.500. The molecule has 0 radical (unpaired) electrons. The second-order valence-electron chi connectivity index (χ2n) is 2.38. The van der Waals surface area contributed by atoms with Crippen molar-refractivity contribution in [3.8, 4) is 0 Å². The van der Waals surface area contributed by atoms with Crippen molar-refractivity contribution in [2.24, 2.45) is 5.73 Å². The van der Waals surface area contributed by atoms with Crippen molar-refractivity contribution < 1.29 is 8.78 Å². The van der Waals surface area contributed by atoms with Gasteiger partial charge in [-0.25, -0.2) is 8.78 Å². The van der Waals surface area contributed by atoms with E-state index >= 15 is 0 Å². The van der Waals surface area contributed by atoms with Crippen LogP contribution in [0.2, 0.25) is 0 Å². The fraction of sp³-hybridized carbons (Fsp3) is 0.286. The standard InChI is InChI=1S/C7H7F2IN2O/c8-7(9)5-4(10)6(13)3(1-11)2-12-5/h2,7H,1,11H2,(H,12,13). The van der Waals surface area contributed by atoms with Crippen LogP contribution in [0.4, 0.5) is 8.78 Å². The second kappa shape index (κ2) is 4.14. The molecule has 1 aromatic heterocycles. The molecule has 72 valence electrons. The first-order chi connectivity index (χ1) is 6.07. The number of rotatable bonds is 2. The minimum absolute atomic E-state index is 0.00977. The molecule has 1 rings (SSSR count). The molecule has 0 spiro atoms. The fourth-order valence-corrected chi connectivity index (χ4v) is 1.60. The van der Waals surface area contributed by atoms with Gasteiger partial charge in [0.1, 0.15) is 0 Å². The van der Waals surface area contributed by atoms with Crippen molar-refractivity contribution in [1.29, 1.82) is 0 Å². The molecule has 6 heteroatoms. The van der Waals surface area contributed by atoms with E-state index in [-0.39, 0.29) is 15.8 Å². The number of nitrogens with one attached hydrogen (secondary N) is 1. The van der Waals surface area contributed by atoms with Gasteiger partial charge in [-0.1, -0.05) is 0 Å². The van der Waals surface area contributed by atoms with Crippen LogP contribution in [0.5, 0.6) is 0 Å². The van der Waals surface area contributed by atoms with Crippen molar-refractivity contribution in [2.45, 2.75) is 13.0 Å². The Bertz CT molecular complexity index is 364. The number of hydrogen-bond donors (Lipinski definition) is 2. The maximum Gasteiger partial charge on any atom is 0.279 e. The van der Waals surface area contributed by atoms with E-state index in [1.165, 1.54) is 6.20 Å². The third-order valence-corrected chi connectivity index (χ3v) is 2.64. The minimum atomic E-state index is -2.66. The van der Waals surface area contributed by atoms with Crippen LogP contribution in [-0.4, -0.2) is 4.98 Å². The summed E-state index contributed by atoms with van der Waals surface area (Å²) >= 11 is 1.59. The minimum Gasteiger partial charge on any atom is -0.359 e. The number of hydrogen-bond acceptors (Lipinski definition) is 2. The van der Waals surface area contributed by atoms with Gasteiger partial charge in [-0.2, -0.15) is 0 Å². The van der Waals surface area contributed by atoms with Crippen LogP contribution in [0.3, 0.4) is 0 Å². The number of nitrogens with two attached hydrogens (primary N) is 1. The predicted molar refractivity (Wildman–Crippen MR) is 52.6 cm³/mol. The molecule has 0 bridgehead atoms. The normalized spacial score (nSPS) is 10.8. The second-order valence-corrected chi connectivity index (χ2v) is 3.45. The van der Waals surface area contributed by atoms with E-state index in [1.54, 1.807) is 22.6 Å². The van der Waals surface area contributed by atoms with Gasteiger partial charge in [-0.05, 0) is 22.6 Å². The Kier molecular flexibility index (Phi) is 3.37. The Morgan fingerprint density at radius 2 is 2.23 bits per heavy atom. The first-order valence-electron chi connectivity index (χ1n) is 3.46. The van der Waals surface area contributed by atoms with Crippen molar-refractivity contribution in [1.82, 2.24) is 4.98 Å². The van der Waals surface area contributed by atoms with Gasteiger partial charge >= 0.3 is 0 Å². The average molecular weight is 300 g/mol. The monoisotopic (exact) mass is 300 g/mol. The maximum absolute atomic E-state index is 12.2. The zero-order valence-electron chi connectivity index (χ0n) is 6.48. The van der Waals surface area contributed by atoms with Crippen LogP contribution in [-0.2, 0) is 6.54 Å². The molecule has 0 unspecified atom stereocenters. The molecular formula is C7H7F2IN2O. The summed E-state index contributed by atoms with van der Waals surface area (Å²) < 4.78 is 24.5. The summed E-state index contributed by atoms with van der Waals surface area (Å²) in [6.45, 7) is 0.0504. The summed E-state index contributed by atoms with van der Waals surface area (Å²) in [5.41, 5.74) is 4.78. The van der Waals surface area contributed by atoms with Crippen LogP contribution in [0.25, 0.3) is 0 Å². The Labute approximate surface area is 86.5 Å². The van der Waals surface area contributed by atoms with Crippen LogP contribution in [0.15, 0.2) is 11.0 Å². The van der Waals surface area contributed by atoms with E-state index in [2.05, 4.69) is 4.98 Å². The Balaban J connectivity index is 3.32. The lowest BCUT2D eigenvalue weighted by Gasteiger charge is -2.04. The zero-order chi connectivity index (χ0) is 10.0. The molecule has 0 aromatic carbocycles. The molecule has 0 aliphatic heterocycles. The summed E-state index contributed by atoms with van der Waals surface area (Å²) in [5.74, 6) is 0. The lowest BCUT2D eigenvalue weighted by Crippen LogP contribution is -2.18. The number of pyridine rings is 1. The van der Waals surface area contributed by atoms with Gasteiger partial charge in [0.2, 0.25) is 0 Å². The molecule has 1 heterocycles. The van der Waals surface area contributed by atoms with Crippen LogP contribution >= 0.6 is 22.6 Å². The summed E-state index contributed by atoms with van der Waals surface area (Å²) in [5, 5.41) is 0. The maximum atomic E-state index is 12.2. The van der Waals surface area contributed by atoms with Gasteiger partial charge in [0.05, 0.1) is 9.26 Å². The SMILES string of the molecule is NCc1c[nH]c(C(F)F)c(I)c1=O. The molecule has 3 N–H and O–H groups in total. The lowest BCUT2D eigenvalue weighted by molar-refractivity contribution is 0.145. The van der Waals surface area contributed by atoms with Crippen molar-refractivity contribution >= 4 is 22.6 Å². The van der Waals surface area contributed by atoms with Crippen LogP contribution in [0, 0.1) is 3.57 Å². The molecular weight excluding hydrogens is 293 g/mol. The van der Waals surface area contributed by atoms with Gasteiger partial charge in [0, 0.05) is 18.3 Å². The molecule has 0 saturated carbocycles. The largest absolute Gasteiger partial charge is 0.359 e. The average Bonchev–Trinajstić information content (AvgIpc) is 2.09. The number of aromatic nitrogens is 1. The van der Waals surface area contributed by atoms with Crippen molar-refractivity contribution in [2.75, 3.05) is 0 Å². The molecule has 0 aliphatic carbocycles. The number of H-pyrrole nitrogens is 1. The summed E-state index contributed by atoms with van der Waals surface area (Å²) in [7, 11) is 0. The van der Waals surface area contributed by atoms with Crippen molar-refractivity contribution in [3.63, 3.8) is 0 Å². The van der Waals surface area contributed by atoms with E-state index in [0.29, 0.717) is 5.56 Å². The highest BCUT2D eigenvalue weighted by Gasteiger charge is 2.15. The first-order valence-corrected chi connectivity index (χ1v) is 4.54. The summed E-state index contributed by atoms with van der Waals surface area (Å²) in [4.78, 5) is 13.6. The molecule has 0 atom stereocenters. The molecule has 3 nitrogen and oxygen atoms in total.